The van der Waals surface area contributed by atoms with Crippen LogP contribution < -0.4 is 5.32 Å². The number of rotatable bonds is 4. The molecule has 11 heteroatoms. The van der Waals surface area contributed by atoms with Crippen LogP contribution in [0.5, 0.6) is 0 Å². The number of pyridine rings is 1. The Labute approximate surface area is 124 Å². The van der Waals surface area contributed by atoms with Gasteiger partial charge in [0.2, 0.25) is 0 Å². The zero-order valence-electron chi connectivity index (χ0n) is 10.7. The molecule has 0 spiro atoms. The average Bonchev–Trinajstić information content (AvgIpc) is 2.34. The van der Waals surface area contributed by atoms with E-state index in [1.165, 1.54) is 11.4 Å². The van der Waals surface area contributed by atoms with Crippen LogP contribution in [0.15, 0.2) is 12.3 Å². The molecule has 0 atom stereocenters. The van der Waals surface area contributed by atoms with Crippen molar-refractivity contribution in [2.24, 2.45) is 0 Å². The highest BCUT2D eigenvalue weighted by Gasteiger charge is 2.72. The van der Waals surface area contributed by atoms with Gasteiger partial charge in [0.1, 0.15) is 5.69 Å². The molecule has 0 unspecified atom stereocenters. The molecule has 1 rings (SSSR count). The molecule has 3 nitrogen and oxygen atoms in total. The lowest BCUT2D eigenvalue weighted by molar-refractivity contribution is -0.352. The van der Waals surface area contributed by atoms with E-state index in [0.717, 1.165) is 6.20 Å². The van der Waals surface area contributed by atoms with E-state index in [1.54, 1.807) is 6.92 Å². The number of carbonyl (C=O) groups excluding carboxylic acids is 1. The minimum atomic E-state index is -6.46. The zero-order chi connectivity index (χ0) is 17.3. The first-order valence-corrected chi connectivity index (χ1v) is 5.90. The van der Waals surface area contributed by atoms with E-state index in [-0.39, 0.29) is 5.02 Å². The molecule has 1 aromatic heterocycles. The van der Waals surface area contributed by atoms with Crippen molar-refractivity contribution in [2.45, 2.75) is 24.9 Å². The predicted octanol–water partition coefficient (Wildman–Crippen LogP) is 3.61. The summed E-state index contributed by atoms with van der Waals surface area (Å²) in [4.78, 5) is 15.0. The Balaban J connectivity index is 2.87. The summed E-state index contributed by atoms with van der Waals surface area (Å²) in [6.45, 7) is -0.678. The molecule has 1 heterocycles. The van der Waals surface area contributed by atoms with E-state index < -0.39 is 36.2 Å². The SMILES string of the molecule is Cc1cnc(C(=O)NCC(F)(F)C(F)(F)C(F)(F)F)c(Cl)c1. The van der Waals surface area contributed by atoms with Gasteiger partial charge < -0.3 is 5.32 Å². The van der Waals surface area contributed by atoms with Gasteiger partial charge in [-0.05, 0) is 18.6 Å². The van der Waals surface area contributed by atoms with Crippen LogP contribution in [0.2, 0.25) is 5.02 Å². The molecule has 22 heavy (non-hydrogen) atoms. The average molecular weight is 353 g/mol. The topological polar surface area (TPSA) is 42.0 Å². The zero-order valence-corrected chi connectivity index (χ0v) is 11.5. The van der Waals surface area contributed by atoms with Gasteiger partial charge in [-0.2, -0.15) is 30.7 Å². The highest BCUT2D eigenvalue weighted by Crippen LogP contribution is 2.46. The molecule has 1 aromatic rings. The monoisotopic (exact) mass is 352 g/mol. The van der Waals surface area contributed by atoms with Crippen molar-refractivity contribution in [3.05, 3.63) is 28.5 Å². The molecule has 0 aliphatic carbocycles. The van der Waals surface area contributed by atoms with E-state index >= 15 is 0 Å². The minimum Gasteiger partial charge on any atom is -0.344 e. The minimum absolute atomic E-state index is 0.261. The Morgan fingerprint density at radius 1 is 1.23 bits per heavy atom. The van der Waals surface area contributed by atoms with Crippen LogP contribution >= 0.6 is 11.6 Å². The Morgan fingerprint density at radius 2 is 1.77 bits per heavy atom. The van der Waals surface area contributed by atoms with E-state index in [2.05, 4.69) is 4.98 Å². The van der Waals surface area contributed by atoms with Gasteiger partial charge in [-0.1, -0.05) is 11.6 Å². The third-order valence-electron chi connectivity index (χ3n) is 2.48. The first kappa shape index (κ1) is 18.5. The van der Waals surface area contributed by atoms with Crippen molar-refractivity contribution in [1.82, 2.24) is 10.3 Å². The molecule has 0 aliphatic heterocycles. The van der Waals surface area contributed by atoms with Gasteiger partial charge in [0, 0.05) is 6.20 Å². The van der Waals surface area contributed by atoms with E-state index in [4.69, 9.17) is 11.6 Å². The largest absolute Gasteiger partial charge is 0.459 e. The van der Waals surface area contributed by atoms with Crippen LogP contribution in [-0.2, 0) is 0 Å². The van der Waals surface area contributed by atoms with Crippen molar-refractivity contribution in [2.75, 3.05) is 6.54 Å². The van der Waals surface area contributed by atoms with Crippen LogP contribution in [0.4, 0.5) is 30.7 Å². The molecule has 0 bridgehead atoms. The third kappa shape index (κ3) is 3.60. The molecule has 0 saturated carbocycles. The van der Waals surface area contributed by atoms with Crippen LogP contribution in [0, 0.1) is 6.92 Å². The van der Waals surface area contributed by atoms with Crippen molar-refractivity contribution < 1.29 is 35.5 Å². The molecule has 0 fully saturated rings. The second-order valence-electron chi connectivity index (χ2n) is 4.30. The number of amides is 1. The smallest absolute Gasteiger partial charge is 0.344 e. The first-order chi connectivity index (χ1) is 9.79. The summed E-state index contributed by atoms with van der Waals surface area (Å²) in [5, 5.41) is 1.00. The second-order valence-corrected chi connectivity index (χ2v) is 4.71. The van der Waals surface area contributed by atoms with Gasteiger partial charge in [0.05, 0.1) is 11.6 Å². The standard InChI is InChI=1S/C11H8ClF7N2O/c1-5-2-6(12)7(20-3-5)8(22)21-4-9(13,14)10(15,16)11(17,18)19/h2-3H,4H2,1H3,(H,21,22). The number of nitrogens with one attached hydrogen (secondary N) is 1. The lowest BCUT2D eigenvalue weighted by Crippen LogP contribution is -2.56. The number of alkyl halides is 7. The van der Waals surface area contributed by atoms with Gasteiger partial charge >= 0.3 is 18.0 Å². The number of hydrogen-bond donors (Lipinski definition) is 1. The lowest BCUT2D eigenvalue weighted by atomic mass is 10.1. The third-order valence-corrected chi connectivity index (χ3v) is 2.77. The molecule has 1 amide bonds. The second kappa shape index (κ2) is 5.90. The normalized spacial score (nSPS) is 13.1. The number of hydrogen-bond acceptors (Lipinski definition) is 2. The van der Waals surface area contributed by atoms with E-state index in [1.807, 2.05) is 0 Å². The molecular weight excluding hydrogens is 345 g/mol. The maximum absolute atomic E-state index is 13.0. The van der Waals surface area contributed by atoms with Crippen LogP contribution in [0.1, 0.15) is 16.1 Å². The van der Waals surface area contributed by atoms with Gasteiger partial charge in [-0.25, -0.2) is 4.98 Å². The summed E-state index contributed by atoms with van der Waals surface area (Å²) in [7, 11) is 0. The van der Waals surface area contributed by atoms with Crippen LogP contribution in [0.3, 0.4) is 0 Å². The summed E-state index contributed by atoms with van der Waals surface area (Å²) < 4.78 is 87.0. The van der Waals surface area contributed by atoms with Crippen molar-refractivity contribution >= 4 is 17.5 Å². The fourth-order valence-electron chi connectivity index (χ4n) is 1.29. The van der Waals surface area contributed by atoms with Crippen LogP contribution in [-0.4, -0.2) is 35.5 Å². The summed E-state index contributed by atoms with van der Waals surface area (Å²) in [6, 6.07) is 1.24. The molecule has 0 saturated heterocycles. The van der Waals surface area contributed by atoms with Crippen LogP contribution in [0.25, 0.3) is 0 Å². The van der Waals surface area contributed by atoms with Crippen molar-refractivity contribution in [1.29, 1.82) is 0 Å². The Bertz CT molecular complexity index is 574. The predicted molar refractivity (Wildman–Crippen MR) is 62.3 cm³/mol. The fourth-order valence-corrected chi connectivity index (χ4v) is 1.60. The van der Waals surface area contributed by atoms with Gasteiger partial charge in [-0.3, -0.25) is 4.79 Å². The Morgan fingerprint density at radius 3 is 2.23 bits per heavy atom. The van der Waals surface area contributed by atoms with Gasteiger partial charge in [0.25, 0.3) is 5.91 Å². The number of nitrogens with zero attached hydrogens (tertiary/aromatic N) is 1. The quantitative estimate of drug-likeness (QED) is 0.841. The number of aromatic nitrogens is 1. The highest BCUT2D eigenvalue weighted by molar-refractivity contribution is 6.33. The maximum atomic E-state index is 13.0. The molecule has 0 aromatic carbocycles. The maximum Gasteiger partial charge on any atom is 0.459 e. The first-order valence-electron chi connectivity index (χ1n) is 5.52. The summed E-state index contributed by atoms with van der Waals surface area (Å²) >= 11 is 5.60. The number of carbonyl (C=O) groups is 1. The van der Waals surface area contributed by atoms with E-state index in [9.17, 15) is 35.5 Å². The van der Waals surface area contributed by atoms with E-state index in [0.29, 0.717) is 5.56 Å². The summed E-state index contributed by atoms with van der Waals surface area (Å²) in [5.41, 5.74) is -0.0473. The molecule has 0 radical (unpaired) electrons. The Hall–Kier alpha value is -1.58. The number of aryl methyl sites for hydroxylation is 1. The summed E-state index contributed by atoms with van der Waals surface area (Å²) in [6.07, 6.45) is -5.32. The van der Waals surface area contributed by atoms with Gasteiger partial charge in [0.15, 0.2) is 0 Å². The molecule has 1 N–H and O–H groups in total. The Kier molecular flexibility index (Phi) is 4.95. The lowest BCUT2D eigenvalue weighted by Gasteiger charge is -2.28. The highest BCUT2D eigenvalue weighted by atomic mass is 35.5. The molecule has 124 valence electrons. The number of halogens is 8. The fraction of sp³-hybridized carbons (Fsp3) is 0.455. The van der Waals surface area contributed by atoms with Gasteiger partial charge in [-0.15, -0.1) is 0 Å². The molecule has 0 aliphatic rings. The van der Waals surface area contributed by atoms with Crippen molar-refractivity contribution in [3.63, 3.8) is 0 Å². The summed E-state index contributed by atoms with van der Waals surface area (Å²) in [5.74, 6) is -13.2. The van der Waals surface area contributed by atoms with Crippen molar-refractivity contribution in [3.8, 4) is 0 Å². The molecular formula is C11H8ClF7N2O.